The first kappa shape index (κ1) is 14.1. The second kappa shape index (κ2) is 9.60. The summed E-state index contributed by atoms with van der Waals surface area (Å²) in [4.78, 5) is 0. The molecule has 1 aliphatic rings. The van der Waals surface area contributed by atoms with E-state index in [1.54, 1.807) is 0 Å². The molecule has 1 heteroatoms. The molecule has 0 atom stereocenters. The SMILES string of the molecule is CCCCC1CCCCCCC1.[U]. The summed E-state index contributed by atoms with van der Waals surface area (Å²) in [6.45, 7) is 2.31. The van der Waals surface area contributed by atoms with Crippen molar-refractivity contribution in [1.82, 2.24) is 0 Å². The molecule has 0 heterocycles. The fourth-order valence-corrected chi connectivity index (χ4v) is 2.32. The monoisotopic (exact) mass is 406 g/mol. The van der Waals surface area contributed by atoms with E-state index in [9.17, 15) is 0 Å². The third kappa shape index (κ3) is 7.04. The summed E-state index contributed by atoms with van der Waals surface area (Å²) >= 11 is 0. The number of rotatable bonds is 3. The van der Waals surface area contributed by atoms with Gasteiger partial charge in [-0.1, -0.05) is 71.1 Å². The van der Waals surface area contributed by atoms with Gasteiger partial charge in [-0.25, -0.2) is 0 Å². The molecule has 0 aromatic carbocycles. The minimum atomic E-state index is 0. The Morgan fingerprint density at radius 1 is 0.923 bits per heavy atom. The van der Waals surface area contributed by atoms with Gasteiger partial charge < -0.3 is 0 Å². The summed E-state index contributed by atoms with van der Waals surface area (Å²) in [5.41, 5.74) is 0. The molecule has 1 rings (SSSR count). The third-order valence-corrected chi connectivity index (χ3v) is 3.19. The van der Waals surface area contributed by atoms with Crippen molar-refractivity contribution in [1.29, 1.82) is 0 Å². The summed E-state index contributed by atoms with van der Waals surface area (Å²) in [5, 5.41) is 0. The van der Waals surface area contributed by atoms with Crippen LogP contribution >= 0.6 is 0 Å². The normalized spacial score (nSPS) is 20.1. The van der Waals surface area contributed by atoms with Crippen molar-refractivity contribution in [2.75, 3.05) is 0 Å². The summed E-state index contributed by atoms with van der Waals surface area (Å²) in [7, 11) is 0. The maximum atomic E-state index is 2.31. The van der Waals surface area contributed by atoms with Gasteiger partial charge in [0, 0.05) is 31.1 Å². The minimum absolute atomic E-state index is 0. The minimum Gasteiger partial charge on any atom is -0.0654 e. The van der Waals surface area contributed by atoms with Crippen molar-refractivity contribution in [3.63, 3.8) is 0 Å². The van der Waals surface area contributed by atoms with Crippen molar-refractivity contribution >= 4 is 0 Å². The Bertz CT molecular complexity index is 90.5. The Hall–Kier alpha value is 1.05. The van der Waals surface area contributed by atoms with Gasteiger partial charge in [0.1, 0.15) is 0 Å². The first-order chi connectivity index (χ1) is 5.93. The summed E-state index contributed by atoms with van der Waals surface area (Å²) in [6.07, 6.45) is 14.9. The molecule has 0 bridgehead atoms. The van der Waals surface area contributed by atoms with E-state index in [0.717, 1.165) is 5.92 Å². The smallest absolute Gasteiger partial charge is 0 e. The Morgan fingerprint density at radius 3 is 2.00 bits per heavy atom. The number of unbranched alkanes of at least 4 members (excludes halogenated alkanes) is 1. The Kier molecular flexibility index (Phi) is 10.4. The Labute approximate surface area is 108 Å². The molecular weight excluding hydrogens is 382 g/mol. The molecule has 1 saturated carbocycles. The zero-order valence-electron chi connectivity index (χ0n) is 9.15. The van der Waals surface area contributed by atoms with Crippen molar-refractivity contribution in [3.8, 4) is 0 Å². The summed E-state index contributed by atoms with van der Waals surface area (Å²) in [6, 6.07) is 0. The van der Waals surface area contributed by atoms with E-state index in [2.05, 4.69) is 6.92 Å². The molecule has 0 spiro atoms. The fourth-order valence-electron chi connectivity index (χ4n) is 2.32. The van der Waals surface area contributed by atoms with Gasteiger partial charge in [0.2, 0.25) is 0 Å². The number of hydrogen-bond donors (Lipinski definition) is 0. The maximum Gasteiger partial charge on any atom is 0 e. The van der Waals surface area contributed by atoms with Crippen LogP contribution in [0.3, 0.4) is 0 Å². The van der Waals surface area contributed by atoms with Gasteiger partial charge in [-0.15, -0.1) is 0 Å². The predicted octanol–water partition coefficient (Wildman–Crippen LogP) is 4.54. The largest absolute Gasteiger partial charge is 0.0654 e. The molecule has 0 aromatic heterocycles. The second-order valence-electron chi connectivity index (χ2n) is 4.35. The van der Waals surface area contributed by atoms with E-state index in [1.165, 1.54) is 64.2 Å². The van der Waals surface area contributed by atoms with Crippen molar-refractivity contribution in [2.45, 2.75) is 71.1 Å². The first-order valence-corrected chi connectivity index (χ1v) is 5.93. The molecule has 76 valence electrons. The molecule has 1 aliphatic carbocycles. The summed E-state index contributed by atoms with van der Waals surface area (Å²) < 4.78 is 0. The molecular formula is C12H24U. The van der Waals surface area contributed by atoms with Crippen LogP contribution in [-0.2, 0) is 0 Å². The van der Waals surface area contributed by atoms with E-state index < -0.39 is 0 Å². The van der Waals surface area contributed by atoms with Crippen LogP contribution in [0.15, 0.2) is 0 Å². The Balaban J connectivity index is 0.00000144. The average molecular weight is 406 g/mol. The molecule has 0 nitrogen and oxygen atoms in total. The van der Waals surface area contributed by atoms with Crippen LogP contribution < -0.4 is 0 Å². The van der Waals surface area contributed by atoms with E-state index in [4.69, 9.17) is 0 Å². The quantitative estimate of drug-likeness (QED) is 0.646. The Morgan fingerprint density at radius 2 is 1.46 bits per heavy atom. The molecule has 0 N–H and O–H groups in total. The molecule has 1 fully saturated rings. The third-order valence-electron chi connectivity index (χ3n) is 3.19. The molecule has 0 amide bonds. The van der Waals surface area contributed by atoms with E-state index in [0.29, 0.717) is 0 Å². The topological polar surface area (TPSA) is 0 Å². The zero-order valence-corrected chi connectivity index (χ0v) is 13.3. The van der Waals surface area contributed by atoms with Gasteiger partial charge in [-0.05, 0) is 5.92 Å². The van der Waals surface area contributed by atoms with E-state index in [1.807, 2.05) is 0 Å². The van der Waals surface area contributed by atoms with Gasteiger partial charge in [0.15, 0.2) is 0 Å². The molecule has 0 aliphatic heterocycles. The zero-order chi connectivity index (χ0) is 8.65. The van der Waals surface area contributed by atoms with Crippen LogP contribution in [0.5, 0.6) is 0 Å². The van der Waals surface area contributed by atoms with Crippen molar-refractivity contribution < 1.29 is 31.1 Å². The van der Waals surface area contributed by atoms with Gasteiger partial charge >= 0.3 is 0 Å². The van der Waals surface area contributed by atoms with Crippen LogP contribution in [0.25, 0.3) is 0 Å². The van der Waals surface area contributed by atoms with Crippen LogP contribution in [0.2, 0.25) is 0 Å². The van der Waals surface area contributed by atoms with Crippen LogP contribution in [0, 0.1) is 37.0 Å². The molecule has 0 radical (unpaired) electrons. The van der Waals surface area contributed by atoms with Crippen molar-refractivity contribution in [3.05, 3.63) is 0 Å². The maximum absolute atomic E-state index is 2.31. The molecule has 0 aromatic rings. The van der Waals surface area contributed by atoms with E-state index >= 15 is 0 Å². The predicted molar refractivity (Wildman–Crippen MR) is 55.3 cm³/mol. The first-order valence-electron chi connectivity index (χ1n) is 5.93. The van der Waals surface area contributed by atoms with Gasteiger partial charge in [-0.2, -0.15) is 0 Å². The van der Waals surface area contributed by atoms with Gasteiger partial charge in [0.05, 0.1) is 0 Å². The molecule has 13 heavy (non-hydrogen) atoms. The molecule has 0 saturated heterocycles. The fraction of sp³-hybridized carbons (Fsp3) is 1.00. The number of hydrogen-bond acceptors (Lipinski definition) is 0. The molecule has 0 unspecified atom stereocenters. The second-order valence-corrected chi connectivity index (χ2v) is 4.35. The summed E-state index contributed by atoms with van der Waals surface area (Å²) in [5.74, 6) is 1.09. The van der Waals surface area contributed by atoms with Crippen LogP contribution in [0.4, 0.5) is 0 Å². The standard InChI is InChI=1S/C12H24.U/c1-2-3-9-12-10-7-5-4-6-8-11-12;/h12H,2-11H2,1H3;. The van der Waals surface area contributed by atoms with E-state index in [-0.39, 0.29) is 31.1 Å². The van der Waals surface area contributed by atoms with Crippen molar-refractivity contribution in [2.24, 2.45) is 5.92 Å². The van der Waals surface area contributed by atoms with Gasteiger partial charge in [0.25, 0.3) is 0 Å². The van der Waals surface area contributed by atoms with Crippen LogP contribution in [0.1, 0.15) is 71.1 Å². The van der Waals surface area contributed by atoms with Crippen LogP contribution in [-0.4, -0.2) is 0 Å². The van der Waals surface area contributed by atoms with Gasteiger partial charge in [-0.3, -0.25) is 0 Å². The average Bonchev–Trinajstić information content (AvgIpc) is 2.02.